The van der Waals surface area contributed by atoms with E-state index in [0.717, 1.165) is 17.9 Å². The van der Waals surface area contributed by atoms with Crippen LogP contribution in [0.3, 0.4) is 0 Å². The highest BCUT2D eigenvalue weighted by Crippen LogP contribution is 2.35. The van der Waals surface area contributed by atoms with E-state index in [9.17, 15) is 5.11 Å². The van der Waals surface area contributed by atoms with Gasteiger partial charge < -0.3 is 19.6 Å². The molecule has 5 nitrogen and oxygen atoms in total. The smallest absolute Gasteiger partial charge is 0.172 e. The number of nitrogens with one attached hydrogen (secondary N) is 1. The Bertz CT molecular complexity index is 600. The van der Waals surface area contributed by atoms with Crippen LogP contribution in [0.5, 0.6) is 11.5 Å². The number of aromatic hydroxyl groups is 1. The predicted octanol–water partition coefficient (Wildman–Crippen LogP) is 3.15. The van der Waals surface area contributed by atoms with Crippen molar-refractivity contribution in [3.63, 3.8) is 0 Å². The number of benzene rings is 1. The Kier molecular flexibility index (Phi) is 5.88. The van der Waals surface area contributed by atoms with Crippen LogP contribution >= 0.6 is 15.9 Å². The molecule has 1 unspecified atom stereocenters. The molecule has 22 heavy (non-hydrogen) atoms. The molecule has 0 aliphatic heterocycles. The van der Waals surface area contributed by atoms with Crippen LogP contribution in [0.4, 0.5) is 0 Å². The van der Waals surface area contributed by atoms with Crippen LogP contribution in [0.2, 0.25) is 0 Å². The van der Waals surface area contributed by atoms with Crippen LogP contribution in [0.1, 0.15) is 17.4 Å². The van der Waals surface area contributed by atoms with Crippen molar-refractivity contribution in [2.45, 2.75) is 12.6 Å². The molecule has 1 aromatic heterocycles. The molecule has 2 rings (SSSR count). The van der Waals surface area contributed by atoms with Gasteiger partial charge >= 0.3 is 0 Å². The zero-order valence-electron chi connectivity index (χ0n) is 13.0. The van der Waals surface area contributed by atoms with Gasteiger partial charge in [-0.15, -0.1) is 0 Å². The first-order valence-corrected chi connectivity index (χ1v) is 7.78. The van der Waals surface area contributed by atoms with E-state index in [4.69, 9.17) is 9.15 Å². The molecule has 0 bridgehead atoms. The number of hydrogen-bond donors (Lipinski definition) is 2. The van der Waals surface area contributed by atoms with Gasteiger partial charge in [0.15, 0.2) is 11.5 Å². The molecule has 1 heterocycles. The molecule has 0 spiro atoms. The summed E-state index contributed by atoms with van der Waals surface area (Å²) in [5, 5.41) is 13.2. The lowest BCUT2D eigenvalue weighted by Gasteiger charge is -2.22. The summed E-state index contributed by atoms with van der Waals surface area (Å²) in [5.74, 6) is 1.51. The fraction of sp³-hybridized carbons (Fsp3) is 0.375. The second-order valence-electron chi connectivity index (χ2n) is 5.25. The lowest BCUT2D eigenvalue weighted by molar-refractivity contribution is 0.250. The summed E-state index contributed by atoms with van der Waals surface area (Å²) in [5.41, 5.74) is 1.03. The molecule has 0 aliphatic carbocycles. The Labute approximate surface area is 139 Å². The molecule has 6 heteroatoms. The Morgan fingerprint density at radius 3 is 2.77 bits per heavy atom. The summed E-state index contributed by atoms with van der Waals surface area (Å²) in [6, 6.07) is 7.74. The van der Waals surface area contributed by atoms with Crippen LogP contribution in [0, 0.1) is 0 Å². The predicted molar refractivity (Wildman–Crippen MR) is 89.2 cm³/mol. The molecule has 0 saturated heterocycles. The maximum atomic E-state index is 9.82. The summed E-state index contributed by atoms with van der Waals surface area (Å²) in [6.45, 7) is 1.42. The third-order valence-electron chi connectivity index (χ3n) is 3.47. The first-order chi connectivity index (χ1) is 10.5. The molecule has 2 N–H and O–H groups in total. The van der Waals surface area contributed by atoms with E-state index < -0.39 is 0 Å². The van der Waals surface area contributed by atoms with Crippen molar-refractivity contribution in [2.75, 3.05) is 27.7 Å². The van der Waals surface area contributed by atoms with Crippen LogP contribution in [0.25, 0.3) is 0 Å². The van der Waals surface area contributed by atoms with Gasteiger partial charge in [0.2, 0.25) is 0 Å². The number of hydrogen-bond acceptors (Lipinski definition) is 5. The van der Waals surface area contributed by atoms with E-state index in [-0.39, 0.29) is 11.8 Å². The highest BCUT2D eigenvalue weighted by molar-refractivity contribution is 9.10. The van der Waals surface area contributed by atoms with Gasteiger partial charge in [0.1, 0.15) is 5.76 Å². The molecule has 2 aromatic rings. The van der Waals surface area contributed by atoms with Crippen LogP contribution in [-0.2, 0) is 6.54 Å². The third kappa shape index (κ3) is 4.03. The number of likely N-dealkylation sites (N-methyl/N-ethyl adjacent to an activating group) is 1. The topological polar surface area (TPSA) is 57.9 Å². The number of methoxy groups -OCH3 is 1. The number of nitrogens with zero attached hydrogens (tertiary/aromatic N) is 1. The average Bonchev–Trinajstić information content (AvgIpc) is 3.00. The molecule has 1 aromatic carbocycles. The van der Waals surface area contributed by atoms with Gasteiger partial charge in [-0.2, -0.15) is 0 Å². The van der Waals surface area contributed by atoms with E-state index >= 15 is 0 Å². The molecule has 0 fully saturated rings. The van der Waals surface area contributed by atoms with E-state index in [1.165, 1.54) is 7.11 Å². The van der Waals surface area contributed by atoms with Gasteiger partial charge in [-0.25, -0.2) is 0 Å². The van der Waals surface area contributed by atoms with Gasteiger partial charge in [0, 0.05) is 13.1 Å². The summed E-state index contributed by atoms with van der Waals surface area (Å²) < 4.78 is 11.3. The van der Waals surface area contributed by atoms with Crippen molar-refractivity contribution in [1.82, 2.24) is 10.2 Å². The summed E-state index contributed by atoms with van der Waals surface area (Å²) in [7, 11) is 5.59. The van der Waals surface area contributed by atoms with Crippen molar-refractivity contribution >= 4 is 15.9 Å². The quantitative estimate of drug-likeness (QED) is 0.785. The molecule has 0 aliphatic rings. The SMILES string of the molecule is COc1cc(CNCC(c2ccco2)N(C)C)cc(Br)c1O. The maximum Gasteiger partial charge on any atom is 0.172 e. The van der Waals surface area contributed by atoms with Crippen molar-refractivity contribution in [2.24, 2.45) is 0 Å². The van der Waals surface area contributed by atoms with Gasteiger partial charge in [0.25, 0.3) is 0 Å². The van der Waals surface area contributed by atoms with Crippen molar-refractivity contribution in [3.8, 4) is 11.5 Å². The molecular formula is C16H21BrN2O3. The second kappa shape index (κ2) is 7.67. The lowest BCUT2D eigenvalue weighted by Crippen LogP contribution is -2.30. The minimum absolute atomic E-state index is 0.119. The lowest BCUT2D eigenvalue weighted by atomic mass is 10.1. The zero-order chi connectivity index (χ0) is 16.1. The standard InChI is InChI=1S/C16H21BrN2O3/c1-19(2)13(14-5-4-6-22-14)10-18-9-11-7-12(17)16(20)15(8-11)21-3/h4-8,13,18,20H,9-10H2,1-3H3. The molecule has 120 valence electrons. The number of rotatable bonds is 7. The van der Waals surface area contributed by atoms with Crippen LogP contribution in [0.15, 0.2) is 39.4 Å². The third-order valence-corrected chi connectivity index (χ3v) is 4.07. The van der Waals surface area contributed by atoms with E-state index in [1.54, 1.807) is 6.26 Å². The Balaban J connectivity index is 1.99. The van der Waals surface area contributed by atoms with E-state index in [1.807, 2.05) is 38.4 Å². The zero-order valence-corrected chi connectivity index (χ0v) is 14.6. The number of furan rings is 1. The van der Waals surface area contributed by atoms with Crippen molar-refractivity contribution < 1.29 is 14.3 Å². The Hall–Kier alpha value is -1.50. The number of ether oxygens (including phenoxy) is 1. The fourth-order valence-electron chi connectivity index (χ4n) is 2.26. The molecule has 0 saturated carbocycles. The van der Waals surface area contributed by atoms with Gasteiger partial charge in [0.05, 0.1) is 23.9 Å². The first-order valence-electron chi connectivity index (χ1n) is 6.99. The average molecular weight is 369 g/mol. The van der Waals surface area contributed by atoms with Crippen LogP contribution < -0.4 is 10.1 Å². The van der Waals surface area contributed by atoms with Crippen molar-refractivity contribution in [1.29, 1.82) is 0 Å². The van der Waals surface area contributed by atoms with Gasteiger partial charge in [-0.1, -0.05) is 0 Å². The molecular weight excluding hydrogens is 348 g/mol. The molecule has 1 atom stereocenters. The highest BCUT2D eigenvalue weighted by Gasteiger charge is 2.16. The highest BCUT2D eigenvalue weighted by atomic mass is 79.9. The maximum absolute atomic E-state index is 9.82. The minimum atomic E-state index is 0.119. The Morgan fingerprint density at radius 1 is 1.41 bits per heavy atom. The van der Waals surface area contributed by atoms with E-state index in [0.29, 0.717) is 16.8 Å². The van der Waals surface area contributed by atoms with Crippen molar-refractivity contribution in [3.05, 3.63) is 46.3 Å². The summed E-state index contributed by atoms with van der Waals surface area (Å²) >= 11 is 3.33. The largest absolute Gasteiger partial charge is 0.503 e. The number of phenols is 1. The monoisotopic (exact) mass is 368 g/mol. The Morgan fingerprint density at radius 2 is 2.18 bits per heavy atom. The molecule has 0 amide bonds. The normalized spacial score (nSPS) is 12.6. The minimum Gasteiger partial charge on any atom is -0.503 e. The van der Waals surface area contributed by atoms with Crippen LogP contribution in [-0.4, -0.2) is 37.8 Å². The number of phenolic OH excluding ortho intramolecular Hbond substituents is 1. The number of halogens is 1. The summed E-state index contributed by atoms with van der Waals surface area (Å²) in [6.07, 6.45) is 1.69. The van der Waals surface area contributed by atoms with Gasteiger partial charge in [-0.05, 0) is 59.9 Å². The first kappa shape index (κ1) is 16.9. The van der Waals surface area contributed by atoms with Gasteiger partial charge in [-0.3, -0.25) is 4.90 Å². The fourth-order valence-corrected chi connectivity index (χ4v) is 2.75. The summed E-state index contributed by atoms with van der Waals surface area (Å²) in [4.78, 5) is 2.11. The molecule has 0 radical (unpaired) electrons. The second-order valence-corrected chi connectivity index (χ2v) is 6.11. The van der Waals surface area contributed by atoms with E-state index in [2.05, 4.69) is 26.1 Å².